The molecule has 0 aromatic heterocycles. The molecule has 3 N–H and O–H groups in total. The Balaban J connectivity index is 2.48. The van der Waals surface area contributed by atoms with Gasteiger partial charge in [-0.3, -0.25) is 0 Å². The number of aliphatic hydroxyl groups is 1. The lowest BCUT2D eigenvalue weighted by Gasteiger charge is -2.16. The Kier molecular flexibility index (Phi) is 5.14. The topological polar surface area (TPSA) is 44.3 Å². The van der Waals surface area contributed by atoms with Gasteiger partial charge in [0.15, 0.2) is 5.11 Å². The number of aliphatic hydroxyl groups excluding tert-OH is 1. The first-order valence-electron chi connectivity index (χ1n) is 5.04. The van der Waals surface area contributed by atoms with E-state index in [2.05, 4.69) is 10.6 Å². The van der Waals surface area contributed by atoms with E-state index in [-0.39, 0.29) is 18.5 Å². The third kappa shape index (κ3) is 4.12. The van der Waals surface area contributed by atoms with Gasteiger partial charge in [-0.15, -0.1) is 0 Å². The van der Waals surface area contributed by atoms with Crippen LogP contribution in [0, 0.1) is 5.82 Å². The van der Waals surface area contributed by atoms with E-state index in [0.717, 1.165) is 5.56 Å². The zero-order valence-corrected chi connectivity index (χ0v) is 9.85. The quantitative estimate of drug-likeness (QED) is 0.697. The highest BCUT2D eigenvalue weighted by molar-refractivity contribution is 7.80. The fourth-order valence-corrected chi connectivity index (χ4v) is 1.53. The maximum atomic E-state index is 12.7. The van der Waals surface area contributed by atoms with E-state index < -0.39 is 0 Å². The fourth-order valence-electron chi connectivity index (χ4n) is 1.25. The molecule has 0 bridgehead atoms. The van der Waals surface area contributed by atoms with Crippen molar-refractivity contribution in [2.24, 2.45) is 0 Å². The Morgan fingerprint density at radius 2 is 2.06 bits per heavy atom. The number of halogens is 1. The number of benzene rings is 1. The first kappa shape index (κ1) is 12.9. The van der Waals surface area contributed by atoms with Crippen LogP contribution in [0.25, 0.3) is 0 Å². The molecule has 3 nitrogen and oxygen atoms in total. The van der Waals surface area contributed by atoms with Crippen molar-refractivity contribution in [3.8, 4) is 0 Å². The minimum Gasteiger partial charge on any atom is -0.395 e. The van der Waals surface area contributed by atoms with Crippen LogP contribution in [0.15, 0.2) is 24.3 Å². The first-order valence-corrected chi connectivity index (χ1v) is 5.45. The van der Waals surface area contributed by atoms with Gasteiger partial charge in [0, 0.05) is 6.54 Å². The molecule has 0 amide bonds. The van der Waals surface area contributed by atoms with Crippen LogP contribution in [0.5, 0.6) is 0 Å². The molecule has 0 unspecified atom stereocenters. The van der Waals surface area contributed by atoms with E-state index in [0.29, 0.717) is 11.7 Å². The molecule has 0 saturated heterocycles. The molecular formula is C11H15FN2OS. The lowest BCUT2D eigenvalue weighted by molar-refractivity contribution is 0.300. The average molecular weight is 242 g/mol. The molecule has 1 rings (SSSR count). The van der Waals surface area contributed by atoms with Crippen molar-refractivity contribution in [3.05, 3.63) is 35.6 Å². The van der Waals surface area contributed by atoms with Gasteiger partial charge < -0.3 is 15.7 Å². The zero-order valence-electron chi connectivity index (χ0n) is 9.03. The van der Waals surface area contributed by atoms with Gasteiger partial charge in [0.1, 0.15) is 5.82 Å². The maximum Gasteiger partial charge on any atom is 0.166 e. The summed E-state index contributed by atoms with van der Waals surface area (Å²) in [5.74, 6) is -0.253. The molecule has 16 heavy (non-hydrogen) atoms. The van der Waals surface area contributed by atoms with Crippen molar-refractivity contribution in [2.45, 2.75) is 13.0 Å². The first-order chi connectivity index (χ1) is 7.63. The standard InChI is InChI=1S/C11H15FN2OS/c1-8(14-11(16)13-6-7-15)9-2-4-10(12)5-3-9/h2-5,8,15H,6-7H2,1H3,(H2,13,14,16)/t8-/m0/s1. The van der Waals surface area contributed by atoms with E-state index in [4.69, 9.17) is 17.3 Å². The summed E-state index contributed by atoms with van der Waals surface area (Å²) in [6.45, 7) is 2.38. The molecule has 1 aromatic rings. The lowest BCUT2D eigenvalue weighted by atomic mass is 10.1. The van der Waals surface area contributed by atoms with Crippen LogP contribution >= 0.6 is 12.2 Å². The summed E-state index contributed by atoms with van der Waals surface area (Å²) in [4.78, 5) is 0. The molecule has 88 valence electrons. The van der Waals surface area contributed by atoms with Crippen LogP contribution < -0.4 is 10.6 Å². The van der Waals surface area contributed by atoms with E-state index >= 15 is 0 Å². The second kappa shape index (κ2) is 6.40. The van der Waals surface area contributed by atoms with Crippen molar-refractivity contribution in [3.63, 3.8) is 0 Å². The lowest BCUT2D eigenvalue weighted by Crippen LogP contribution is -2.38. The van der Waals surface area contributed by atoms with E-state index in [1.807, 2.05) is 6.92 Å². The van der Waals surface area contributed by atoms with Crippen LogP contribution in [-0.2, 0) is 0 Å². The van der Waals surface area contributed by atoms with Crippen LogP contribution in [0.4, 0.5) is 4.39 Å². The van der Waals surface area contributed by atoms with Gasteiger partial charge in [0.05, 0.1) is 12.6 Å². The third-order valence-electron chi connectivity index (χ3n) is 2.11. The molecule has 0 spiro atoms. The Morgan fingerprint density at radius 1 is 1.44 bits per heavy atom. The highest BCUT2D eigenvalue weighted by Crippen LogP contribution is 2.12. The highest BCUT2D eigenvalue weighted by atomic mass is 32.1. The summed E-state index contributed by atoms with van der Waals surface area (Å²) in [5.41, 5.74) is 0.953. The van der Waals surface area contributed by atoms with Crippen LogP contribution in [0.3, 0.4) is 0 Å². The van der Waals surface area contributed by atoms with Crippen LogP contribution in [0.2, 0.25) is 0 Å². The average Bonchev–Trinajstić information content (AvgIpc) is 2.27. The minimum absolute atomic E-state index is 0.000655. The van der Waals surface area contributed by atoms with Gasteiger partial charge in [-0.25, -0.2) is 4.39 Å². The summed E-state index contributed by atoms with van der Waals surface area (Å²) in [5, 5.41) is 15.0. The van der Waals surface area contributed by atoms with Crippen molar-refractivity contribution in [1.82, 2.24) is 10.6 Å². The molecule has 1 atom stereocenters. The number of nitrogens with one attached hydrogen (secondary N) is 2. The summed E-state index contributed by atoms with van der Waals surface area (Å²) in [7, 11) is 0. The Hall–Kier alpha value is -1.20. The molecule has 0 heterocycles. The molecule has 1 aromatic carbocycles. The molecule has 0 saturated carbocycles. The van der Waals surface area contributed by atoms with Gasteiger partial charge in [0.2, 0.25) is 0 Å². The molecular weight excluding hydrogens is 227 g/mol. The minimum atomic E-state index is -0.253. The molecule has 0 aliphatic rings. The van der Waals surface area contributed by atoms with Crippen molar-refractivity contribution in [1.29, 1.82) is 0 Å². The predicted molar refractivity (Wildman–Crippen MR) is 65.6 cm³/mol. The van der Waals surface area contributed by atoms with Crippen molar-refractivity contribution in [2.75, 3.05) is 13.2 Å². The summed E-state index contributed by atoms with van der Waals surface area (Å²) >= 11 is 5.01. The molecule has 5 heteroatoms. The zero-order chi connectivity index (χ0) is 12.0. The summed E-state index contributed by atoms with van der Waals surface area (Å²) < 4.78 is 12.7. The van der Waals surface area contributed by atoms with Crippen LogP contribution in [-0.4, -0.2) is 23.4 Å². The molecule has 0 fully saturated rings. The monoisotopic (exact) mass is 242 g/mol. The van der Waals surface area contributed by atoms with E-state index in [1.54, 1.807) is 12.1 Å². The summed E-state index contributed by atoms with van der Waals surface area (Å²) in [6, 6.07) is 6.25. The smallest absolute Gasteiger partial charge is 0.166 e. The summed E-state index contributed by atoms with van der Waals surface area (Å²) in [6.07, 6.45) is 0. The second-order valence-electron chi connectivity index (χ2n) is 3.40. The molecule has 0 aliphatic heterocycles. The van der Waals surface area contributed by atoms with Crippen LogP contribution in [0.1, 0.15) is 18.5 Å². The Bertz CT molecular complexity index is 342. The number of hydrogen-bond acceptors (Lipinski definition) is 2. The Labute approximate surface area is 99.7 Å². The van der Waals surface area contributed by atoms with Gasteiger partial charge >= 0.3 is 0 Å². The van der Waals surface area contributed by atoms with E-state index in [1.165, 1.54) is 12.1 Å². The second-order valence-corrected chi connectivity index (χ2v) is 3.81. The SMILES string of the molecule is C[C@H](NC(=S)NCCO)c1ccc(F)cc1. The molecule has 0 aliphatic carbocycles. The fraction of sp³-hybridized carbons (Fsp3) is 0.364. The van der Waals surface area contributed by atoms with Gasteiger partial charge in [-0.2, -0.15) is 0 Å². The Morgan fingerprint density at radius 3 is 2.62 bits per heavy atom. The highest BCUT2D eigenvalue weighted by Gasteiger charge is 2.06. The number of thiocarbonyl (C=S) groups is 1. The molecule has 0 radical (unpaired) electrons. The maximum absolute atomic E-state index is 12.7. The third-order valence-corrected chi connectivity index (χ3v) is 2.38. The normalized spacial score (nSPS) is 11.9. The van der Waals surface area contributed by atoms with Crippen molar-refractivity contribution < 1.29 is 9.50 Å². The van der Waals surface area contributed by atoms with Gasteiger partial charge in [0.25, 0.3) is 0 Å². The van der Waals surface area contributed by atoms with Gasteiger partial charge in [-0.05, 0) is 36.8 Å². The van der Waals surface area contributed by atoms with Gasteiger partial charge in [-0.1, -0.05) is 12.1 Å². The predicted octanol–water partition coefficient (Wildman–Crippen LogP) is 1.34. The van der Waals surface area contributed by atoms with E-state index in [9.17, 15) is 4.39 Å². The largest absolute Gasteiger partial charge is 0.395 e. The number of rotatable bonds is 4. The van der Waals surface area contributed by atoms with Crippen molar-refractivity contribution >= 4 is 17.3 Å². The number of hydrogen-bond donors (Lipinski definition) is 3.